The highest BCUT2D eigenvalue weighted by Gasteiger charge is 2.56. The minimum Gasteiger partial charge on any atom is -0.390 e. The maximum Gasteiger partial charge on any atom is 0.0888 e. The van der Waals surface area contributed by atoms with Crippen LogP contribution in [0.5, 0.6) is 0 Å². The Morgan fingerprint density at radius 1 is 1.00 bits per heavy atom. The van der Waals surface area contributed by atoms with E-state index in [-0.39, 0.29) is 29.0 Å². The summed E-state index contributed by atoms with van der Waals surface area (Å²) in [6.07, 6.45) is 10.5. The van der Waals surface area contributed by atoms with E-state index in [4.69, 9.17) is 4.74 Å². The smallest absolute Gasteiger partial charge is 0.0888 e. The van der Waals surface area contributed by atoms with Gasteiger partial charge < -0.3 is 20.1 Å². The van der Waals surface area contributed by atoms with Gasteiger partial charge in [0.15, 0.2) is 0 Å². The summed E-state index contributed by atoms with van der Waals surface area (Å²) in [4.78, 5) is 0. The number of aliphatic hydroxyl groups is 3. The van der Waals surface area contributed by atoms with Crippen LogP contribution in [-0.2, 0) is 4.74 Å². The van der Waals surface area contributed by atoms with Gasteiger partial charge in [0.05, 0.1) is 29.5 Å². The van der Waals surface area contributed by atoms with Crippen LogP contribution in [0.4, 0.5) is 0 Å². The van der Waals surface area contributed by atoms with Crippen molar-refractivity contribution >= 4 is 0 Å². The molecule has 3 aliphatic rings. The molecule has 0 aromatic carbocycles. The highest BCUT2D eigenvalue weighted by Crippen LogP contribution is 2.56. The third-order valence-electron chi connectivity index (χ3n) is 10.0. The summed E-state index contributed by atoms with van der Waals surface area (Å²) in [5, 5.41) is 33.1. The Hall–Kier alpha value is -0.680. The van der Waals surface area contributed by atoms with Crippen molar-refractivity contribution in [3.05, 3.63) is 22.8 Å². The zero-order chi connectivity index (χ0) is 25.5. The number of ether oxygens (including phenoxy) is 1. The van der Waals surface area contributed by atoms with E-state index < -0.39 is 17.3 Å². The van der Waals surface area contributed by atoms with Gasteiger partial charge in [-0.05, 0) is 128 Å². The standard InChI is InChI=1S/C30H52O4/c1-20(2)10-9-16-28(6)17-13-23(31)21(3)22(28)11-12-24-29(7)18-14-25(32)27(4,5)34-26(29)15-19-30(24,8)33/h10,23-26,31-33H,9,11-19H2,1-8H3/t23?,24-,25-,26-,28?,29-,30+/m1/s1. The van der Waals surface area contributed by atoms with E-state index in [1.54, 1.807) is 0 Å². The summed E-state index contributed by atoms with van der Waals surface area (Å²) in [7, 11) is 0. The number of hydrogen-bond donors (Lipinski definition) is 3. The van der Waals surface area contributed by atoms with Crippen LogP contribution in [0.25, 0.3) is 0 Å². The Morgan fingerprint density at radius 2 is 1.68 bits per heavy atom. The van der Waals surface area contributed by atoms with E-state index in [0.29, 0.717) is 6.42 Å². The SMILES string of the molecule is CC(C)=CCCC1(C)CCC(O)C(C)=C1CC[C@@H]1[C@@]2(C)CC[C@@H](O)C(C)(C)O[C@@H]2CC[C@]1(C)O. The lowest BCUT2D eigenvalue weighted by atomic mass is 9.55. The molecule has 0 radical (unpaired) electrons. The fourth-order valence-corrected chi connectivity index (χ4v) is 7.51. The fraction of sp³-hybridized carbons (Fsp3) is 0.867. The number of rotatable bonds is 6. The Morgan fingerprint density at radius 3 is 2.32 bits per heavy atom. The van der Waals surface area contributed by atoms with Crippen molar-refractivity contribution in [2.75, 3.05) is 0 Å². The van der Waals surface area contributed by atoms with Gasteiger partial charge in [0.1, 0.15) is 0 Å². The van der Waals surface area contributed by atoms with Crippen LogP contribution in [0.15, 0.2) is 22.8 Å². The average molecular weight is 477 g/mol. The molecule has 1 saturated heterocycles. The molecule has 2 fully saturated rings. The normalized spacial score (nSPS) is 42.7. The van der Waals surface area contributed by atoms with Crippen LogP contribution in [0.1, 0.15) is 120 Å². The number of aliphatic hydroxyl groups excluding tert-OH is 2. The van der Waals surface area contributed by atoms with Gasteiger partial charge >= 0.3 is 0 Å². The van der Waals surface area contributed by atoms with Crippen molar-refractivity contribution < 1.29 is 20.1 Å². The van der Waals surface area contributed by atoms with Gasteiger partial charge in [0.25, 0.3) is 0 Å². The molecule has 0 spiro atoms. The van der Waals surface area contributed by atoms with E-state index in [2.05, 4.69) is 40.7 Å². The molecule has 34 heavy (non-hydrogen) atoms. The zero-order valence-corrected chi connectivity index (χ0v) is 23.2. The van der Waals surface area contributed by atoms with Crippen molar-refractivity contribution in [3.63, 3.8) is 0 Å². The first-order valence-corrected chi connectivity index (χ1v) is 13.7. The highest BCUT2D eigenvalue weighted by atomic mass is 16.5. The molecule has 3 N–H and O–H groups in total. The Bertz CT molecular complexity index is 790. The molecule has 0 bridgehead atoms. The molecule has 196 valence electrons. The zero-order valence-electron chi connectivity index (χ0n) is 23.2. The fourth-order valence-electron chi connectivity index (χ4n) is 7.51. The van der Waals surface area contributed by atoms with Crippen LogP contribution < -0.4 is 0 Å². The van der Waals surface area contributed by atoms with Gasteiger partial charge in [-0.3, -0.25) is 0 Å². The summed E-state index contributed by atoms with van der Waals surface area (Å²) >= 11 is 0. The monoisotopic (exact) mass is 476 g/mol. The molecule has 1 aliphatic heterocycles. The maximum absolute atomic E-state index is 11.6. The quantitative estimate of drug-likeness (QED) is 0.384. The Labute approximate surface area is 208 Å². The third kappa shape index (κ3) is 5.51. The molecule has 4 heteroatoms. The van der Waals surface area contributed by atoms with Gasteiger partial charge in [-0.25, -0.2) is 0 Å². The molecular formula is C30H52O4. The average Bonchev–Trinajstić information content (AvgIpc) is 2.81. The van der Waals surface area contributed by atoms with E-state index in [0.717, 1.165) is 63.4 Å². The van der Waals surface area contributed by atoms with E-state index in [1.165, 1.54) is 11.1 Å². The largest absolute Gasteiger partial charge is 0.390 e. The molecule has 2 unspecified atom stereocenters. The first kappa shape index (κ1) is 27.9. The second kappa shape index (κ2) is 10.00. The molecule has 2 aliphatic carbocycles. The number of allylic oxidation sites excluding steroid dienone is 3. The first-order valence-electron chi connectivity index (χ1n) is 13.7. The van der Waals surface area contributed by atoms with Crippen LogP contribution in [0, 0.1) is 16.7 Å². The van der Waals surface area contributed by atoms with Gasteiger partial charge in [-0.1, -0.05) is 31.1 Å². The van der Waals surface area contributed by atoms with Crippen molar-refractivity contribution in [1.82, 2.24) is 0 Å². The highest BCUT2D eigenvalue weighted by molar-refractivity contribution is 5.27. The molecule has 1 heterocycles. The molecule has 0 amide bonds. The van der Waals surface area contributed by atoms with E-state index >= 15 is 0 Å². The lowest BCUT2D eigenvalue weighted by Gasteiger charge is -2.54. The molecule has 0 aromatic rings. The molecule has 7 atom stereocenters. The predicted molar refractivity (Wildman–Crippen MR) is 140 cm³/mol. The molecule has 3 rings (SSSR count). The summed E-state index contributed by atoms with van der Waals surface area (Å²) < 4.78 is 6.57. The van der Waals surface area contributed by atoms with Gasteiger partial charge in [-0.15, -0.1) is 0 Å². The van der Waals surface area contributed by atoms with Crippen molar-refractivity contribution in [2.45, 2.75) is 149 Å². The van der Waals surface area contributed by atoms with Gasteiger partial charge in [0.2, 0.25) is 0 Å². The molecule has 1 saturated carbocycles. The molecule has 4 nitrogen and oxygen atoms in total. The predicted octanol–water partition coefficient (Wildman–Crippen LogP) is 6.48. The lowest BCUT2D eigenvalue weighted by Crippen LogP contribution is -2.56. The second-order valence-corrected chi connectivity index (χ2v) is 13.4. The molecule has 0 aromatic heterocycles. The van der Waals surface area contributed by atoms with Crippen LogP contribution in [0.2, 0.25) is 0 Å². The minimum absolute atomic E-state index is 0.0425. The topological polar surface area (TPSA) is 69.9 Å². The van der Waals surface area contributed by atoms with Crippen molar-refractivity contribution in [3.8, 4) is 0 Å². The molecular weight excluding hydrogens is 424 g/mol. The third-order valence-corrected chi connectivity index (χ3v) is 10.0. The summed E-state index contributed by atoms with van der Waals surface area (Å²) in [5.41, 5.74) is 2.50. The lowest BCUT2D eigenvalue weighted by molar-refractivity contribution is -0.205. The maximum atomic E-state index is 11.6. The van der Waals surface area contributed by atoms with Crippen LogP contribution in [0.3, 0.4) is 0 Å². The number of fused-ring (bicyclic) bond motifs is 1. The summed E-state index contributed by atoms with van der Waals surface area (Å²) in [6.45, 7) is 17.1. The first-order chi connectivity index (χ1) is 15.6. The van der Waals surface area contributed by atoms with Crippen molar-refractivity contribution in [1.29, 1.82) is 0 Å². The van der Waals surface area contributed by atoms with Crippen LogP contribution >= 0.6 is 0 Å². The Balaban J connectivity index is 1.88. The summed E-state index contributed by atoms with van der Waals surface area (Å²) in [5.74, 6) is 0.0845. The Kier molecular flexibility index (Phi) is 8.20. The summed E-state index contributed by atoms with van der Waals surface area (Å²) in [6, 6.07) is 0. The van der Waals surface area contributed by atoms with E-state index in [9.17, 15) is 15.3 Å². The second-order valence-electron chi connectivity index (χ2n) is 13.4. The van der Waals surface area contributed by atoms with Gasteiger partial charge in [0, 0.05) is 0 Å². The van der Waals surface area contributed by atoms with Crippen molar-refractivity contribution in [2.24, 2.45) is 16.7 Å². The van der Waals surface area contributed by atoms with E-state index in [1.807, 2.05) is 20.8 Å². The number of hydrogen-bond acceptors (Lipinski definition) is 4. The van der Waals surface area contributed by atoms with Gasteiger partial charge in [-0.2, -0.15) is 0 Å². The minimum atomic E-state index is -0.756. The van der Waals surface area contributed by atoms with Crippen LogP contribution in [-0.4, -0.2) is 44.8 Å².